The van der Waals surface area contributed by atoms with Gasteiger partial charge in [0, 0.05) is 37.8 Å². The molecule has 2 amide bonds. The molecule has 1 aliphatic heterocycles. The van der Waals surface area contributed by atoms with E-state index in [-0.39, 0.29) is 11.4 Å². The molecule has 2 aliphatic rings. The fraction of sp³-hybridized carbons (Fsp3) is 0.500. The van der Waals surface area contributed by atoms with Crippen LogP contribution in [0.1, 0.15) is 18.4 Å². The SMILES string of the molecule is CN1CCN(c2ccccc2C2(CN)CC2)C1=O. The molecular weight excluding hydrogens is 226 g/mol. The zero-order valence-electron chi connectivity index (χ0n) is 10.7. The summed E-state index contributed by atoms with van der Waals surface area (Å²) in [6.45, 7) is 2.23. The van der Waals surface area contributed by atoms with Crippen molar-refractivity contribution in [3.63, 3.8) is 0 Å². The Morgan fingerprint density at radius 2 is 2.00 bits per heavy atom. The second kappa shape index (κ2) is 3.99. The largest absolute Gasteiger partial charge is 0.330 e. The van der Waals surface area contributed by atoms with E-state index in [1.807, 2.05) is 30.1 Å². The van der Waals surface area contributed by atoms with Crippen molar-refractivity contribution in [2.24, 2.45) is 5.73 Å². The minimum absolute atomic E-state index is 0.0928. The van der Waals surface area contributed by atoms with Crippen LogP contribution < -0.4 is 10.6 Å². The zero-order chi connectivity index (χ0) is 12.8. The van der Waals surface area contributed by atoms with E-state index in [0.717, 1.165) is 31.6 Å². The van der Waals surface area contributed by atoms with E-state index < -0.39 is 0 Å². The quantitative estimate of drug-likeness (QED) is 0.878. The van der Waals surface area contributed by atoms with Crippen molar-refractivity contribution >= 4 is 11.7 Å². The van der Waals surface area contributed by atoms with Gasteiger partial charge >= 0.3 is 6.03 Å². The molecule has 0 aromatic heterocycles. The van der Waals surface area contributed by atoms with Crippen LogP contribution >= 0.6 is 0 Å². The number of para-hydroxylation sites is 1. The van der Waals surface area contributed by atoms with Gasteiger partial charge in [-0.05, 0) is 24.5 Å². The Labute approximate surface area is 107 Å². The molecule has 1 aromatic carbocycles. The van der Waals surface area contributed by atoms with Crippen molar-refractivity contribution in [1.29, 1.82) is 0 Å². The van der Waals surface area contributed by atoms with E-state index in [1.54, 1.807) is 4.90 Å². The van der Waals surface area contributed by atoms with Crippen LogP contribution in [-0.4, -0.2) is 37.6 Å². The summed E-state index contributed by atoms with van der Waals surface area (Å²) in [5, 5.41) is 0. The molecule has 1 saturated carbocycles. The summed E-state index contributed by atoms with van der Waals surface area (Å²) in [6.07, 6.45) is 2.27. The number of hydrogen-bond donors (Lipinski definition) is 1. The van der Waals surface area contributed by atoms with Gasteiger partial charge in [0.25, 0.3) is 0 Å². The number of nitrogens with zero attached hydrogens (tertiary/aromatic N) is 2. The van der Waals surface area contributed by atoms with Gasteiger partial charge in [-0.1, -0.05) is 18.2 Å². The van der Waals surface area contributed by atoms with Crippen molar-refractivity contribution in [3.8, 4) is 0 Å². The smallest absolute Gasteiger partial charge is 0.324 e. The lowest BCUT2D eigenvalue weighted by molar-refractivity contribution is 0.229. The van der Waals surface area contributed by atoms with Gasteiger partial charge in [0.1, 0.15) is 0 Å². The molecule has 1 heterocycles. The lowest BCUT2D eigenvalue weighted by atomic mass is 9.94. The minimum atomic E-state index is 0.0928. The Kier molecular flexibility index (Phi) is 2.55. The van der Waals surface area contributed by atoms with Crippen molar-refractivity contribution in [2.75, 3.05) is 31.6 Å². The third kappa shape index (κ3) is 1.60. The molecular formula is C14H19N3O. The van der Waals surface area contributed by atoms with Gasteiger partial charge in [-0.15, -0.1) is 0 Å². The average Bonchev–Trinajstić information content (AvgIpc) is 3.13. The molecule has 0 unspecified atom stereocenters. The molecule has 96 valence electrons. The van der Waals surface area contributed by atoms with Crippen LogP contribution in [0.4, 0.5) is 10.5 Å². The summed E-state index contributed by atoms with van der Waals surface area (Å²) in [5.74, 6) is 0. The highest BCUT2D eigenvalue weighted by atomic mass is 16.2. The molecule has 18 heavy (non-hydrogen) atoms. The topological polar surface area (TPSA) is 49.6 Å². The maximum absolute atomic E-state index is 12.1. The molecule has 1 aliphatic carbocycles. The van der Waals surface area contributed by atoms with E-state index in [2.05, 4.69) is 6.07 Å². The maximum atomic E-state index is 12.1. The van der Waals surface area contributed by atoms with Crippen molar-refractivity contribution < 1.29 is 4.79 Å². The number of benzene rings is 1. The molecule has 0 atom stereocenters. The Bertz CT molecular complexity index is 482. The first-order valence-electron chi connectivity index (χ1n) is 6.50. The van der Waals surface area contributed by atoms with Gasteiger partial charge in [0.05, 0.1) is 0 Å². The van der Waals surface area contributed by atoms with Gasteiger partial charge < -0.3 is 10.6 Å². The van der Waals surface area contributed by atoms with E-state index in [0.29, 0.717) is 6.54 Å². The summed E-state index contributed by atoms with van der Waals surface area (Å²) in [5.41, 5.74) is 8.34. The fourth-order valence-corrected chi connectivity index (χ4v) is 2.76. The molecule has 2 fully saturated rings. The molecule has 1 saturated heterocycles. The van der Waals surface area contributed by atoms with Gasteiger partial charge in [-0.3, -0.25) is 4.90 Å². The number of urea groups is 1. The van der Waals surface area contributed by atoms with Crippen molar-refractivity contribution in [2.45, 2.75) is 18.3 Å². The average molecular weight is 245 g/mol. The number of carbonyl (C=O) groups excluding carboxylic acids is 1. The number of amides is 2. The highest BCUT2D eigenvalue weighted by Crippen LogP contribution is 2.50. The molecule has 0 radical (unpaired) electrons. The predicted molar refractivity (Wildman–Crippen MR) is 71.8 cm³/mol. The van der Waals surface area contributed by atoms with E-state index in [4.69, 9.17) is 5.73 Å². The van der Waals surface area contributed by atoms with Gasteiger partial charge in [-0.2, -0.15) is 0 Å². The lowest BCUT2D eigenvalue weighted by Crippen LogP contribution is -2.31. The summed E-state index contributed by atoms with van der Waals surface area (Å²) in [6, 6.07) is 8.30. The molecule has 0 bridgehead atoms. The standard InChI is InChI=1S/C14H19N3O/c1-16-8-9-17(13(16)18)12-5-3-2-4-11(12)14(10-15)6-7-14/h2-5H,6-10,15H2,1H3. The lowest BCUT2D eigenvalue weighted by Gasteiger charge is -2.24. The van der Waals surface area contributed by atoms with Gasteiger partial charge in [-0.25, -0.2) is 4.79 Å². The number of hydrogen-bond acceptors (Lipinski definition) is 2. The second-order valence-corrected chi connectivity index (χ2v) is 5.36. The van der Waals surface area contributed by atoms with E-state index in [1.165, 1.54) is 5.56 Å². The van der Waals surface area contributed by atoms with Crippen LogP contribution in [-0.2, 0) is 5.41 Å². The molecule has 4 nitrogen and oxygen atoms in total. The molecule has 3 rings (SSSR count). The van der Waals surface area contributed by atoms with Crippen LogP contribution in [0.15, 0.2) is 24.3 Å². The molecule has 0 spiro atoms. The van der Waals surface area contributed by atoms with Crippen LogP contribution in [0.25, 0.3) is 0 Å². The highest BCUT2D eigenvalue weighted by Gasteiger charge is 2.45. The minimum Gasteiger partial charge on any atom is -0.330 e. The van der Waals surface area contributed by atoms with E-state index >= 15 is 0 Å². The summed E-state index contributed by atoms with van der Waals surface area (Å²) in [4.78, 5) is 15.8. The highest BCUT2D eigenvalue weighted by molar-refractivity contribution is 5.95. The number of anilines is 1. The van der Waals surface area contributed by atoms with Crippen molar-refractivity contribution in [1.82, 2.24) is 4.90 Å². The summed E-state index contributed by atoms with van der Waals surface area (Å²) < 4.78 is 0. The van der Waals surface area contributed by atoms with Crippen LogP contribution in [0.3, 0.4) is 0 Å². The molecule has 2 N–H and O–H groups in total. The zero-order valence-corrected chi connectivity index (χ0v) is 10.7. The monoisotopic (exact) mass is 245 g/mol. The van der Waals surface area contributed by atoms with E-state index in [9.17, 15) is 4.79 Å². The Morgan fingerprint density at radius 3 is 2.56 bits per heavy atom. The summed E-state index contributed by atoms with van der Waals surface area (Å²) >= 11 is 0. The normalized spacial score (nSPS) is 21.6. The first kappa shape index (κ1) is 11.5. The first-order chi connectivity index (χ1) is 8.68. The number of carbonyl (C=O) groups is 1. The Balaban J connectivity index is 2.00. The second-order valence-electron chi connectivity index (χ2n) is 5.36. The molecule has 4 heteroatoms. The van der Waals surface area contributed by atoms with Crippen LogP contribution in [0.2, 0.25) is 0 Å². The number of nitrogens with two attached hydrogens (primary N) is 1. The Hall–Kier alpha value is -1.55. The molecule has 1 aromatic rings. The first-order valence-corrected chi connectivity index (χ1v) is 6.50. The fourth-order valence-electron chi connectivity index (χ4n) is 2.76. The van der Waals surface area contributed by atoms with Gasteiger partial charge in [0.2, 0.25) is 0 Å². The van der Waals surface area contributed by atoms with Gasteiger partial charge in [0.15, 0.2) is 0 Å². The predicted octanol–water partition coefficient (Wildman–Crippen LogP) is 1.55. The number of rotatable bonds is 3. The van der Waals surface area contributed by atoms with Crippen molar-refractivity contribution in [3.05, 3.63) is 29.8 Å². The van der Waals surface area contributed by atoms with Crippen LogP contribution in [0.5, 0.6) is 0 Å². The number of likely N-dealkylation sites (N-methyl/N-ethyl adjacent to an activating group) is 1. The third-order valence-electron chi connectivity index (χ3n) is 4.23. The van der Waals surface area contributed by atoms with Crippen LogP contribution in [0, 0.1) is 0 Å². The third-order valence-corrected chi connectivity index (χ3v) is 4.23. The maximum Gasteiger partial charge on any atom is 0.324 e. The Morgan fingerprint density at radius 1 is 1.28 bits per heavy atom. The summed E-state index contributed by atoms with van der Waals surface area (Å²) in [7, 11) is 1.85.